The van der Waals surface area contributed by atoms with Crippen LogP contribution in [0.4, 0.5) is 9.59 Å². The molecule has 2 N–H and O–H groups in total. The van der Waals surface area contributed by atoms with Gasteiger partial charge in [-0.1, -0.05) is 0 Å². The zero-order chi connectivity index (χ0) is 32.3. The number of nitrogens with one attached hydrogen (secondary N) is 2. The molecule has 0 aliphatic heterocycles. The van der Waals surface area contributed by atoms with Gasteiger partial charge in [-0.15, -0.1) is 0 Å². The molecule has 0 unspecified atom stereocenters. The first-order valence-corrected chi connectivity index (χ1v) is 15.6. The van der Waals surface area contributed by atoms with E-state index in [1.54, 1.807) is 18.5 Å². The summed E-state index contributed by atoms with van der Waals surface area (Å²) in [6.45, 7) is 13.0. The number of halogens is 1. The summed E-state index contributed by atoms with van der Waals surface area (Å²) >= 11 is 5.73. The van der Waals surface area contributed by atoms with Crippen LogP contribution in [0.5, 0.6) is 11.9 Å². The zero-order valence-corrected chi connectivity index (χ0v) is 27.6. The predicted molar refractivity (Wildman–Crippen MR) is 166 cm³/mol. The van der Waals surface area contributed by atoms with Crippen LogP contribution in [0.25, 0.3) is 0 Å². The van der Waals surface area contributed by atoms with E-state index in [1.165, 1.54) is 0 Å². The summed E-state index contributed by atoms with van der Waals surface area (Å²) in [6, 6.07) is 4.24. The first-order valence-electron chi connectivity index (χ1n) is 15.2. The van der Waals surface area contributed by atoms with Gasteiger partial charge in [0, 0.05) is 36.2 Å². The van der Waals surface area contributed by atoms with Crippen LogP contribution in [0.1, 0.15) is 98.6 Å². The maximum atomic E-state index is 11.8. The smallest absolute Gasteiger partial charge is 0.407 e. The zero-order valence-electron chi connectivity index (χ0n) is 26.9. The molecule has 2 aromatic heterocycles. The number of rotatable bonds is 6. The van der Waals surface area contributed by atoms with Gasteiger partial charge < -0.3 is 29.6 Å². The Morgan fingerprint density at radius 1 is 0.727 bits per heavy atom. The molecule has 4 rings (SSSR count). The van der Waals surface area contributed by atoms with Gasteiger partial charge in [-0.3, -0.25) is 0 Å². The summed E-state index contributed by atoms with van der Waals surface area (Å²) in [4.78, 5) is 39.7. The van der Waals surface area contributed by atoms with E-state index in [0.29, 0.717) is 11.9 Å². The molecule has 0 bridgehead atoms. The van der Waals surface area contributed by atoms with Crippen molar-refractivity contribution in [1.82, 2.24) is 30.6 Å². The summed E-state index contributed by atoms with van der Waals surface area (Å²) in [5.41, 5.74) is -0.0471. The Balaban J connectivity index is 0.000000240. The normalized spacial score (nSPS) is 22.0. The van der Waals surface area contributed by atoms with Crippen LogP contribution in [-0.4, -0.2) is 67.6 Å². The number of aromatic nitrogens is 4. The van der Waals surface area contributed by atoms with Gasteiger partial charge in [-0.25, -0.2) is 24.5 Å². The van der Waals surface area contributed by atoms with Crippen molar-refractivity contribution in [1.29, 1.82) is 0 Å². The minimum Gasteiger partial charge on any atom is -0.474 e. The number of amides is 2. The Morgan fingerprint density at radius 3 is 1.66 bits per heavy atom. The predicted octanol–water partition coefficient (Wildman–Crippen LogP) is 6.34. The van der Waals surface area contributed by atoms with Crippen molar-refractivity contribution in [2.75, 3.05) is 0 Å². The van der Waals surface area contributed by atoms with E-state index in [2.05, 4.69) is 30.6 Å². The van der Waals surface area contributed by atoms with Crippen LogP contribution in [0.15, 0.2) is 24.5 Å². The van der Waals surface area contributed by atoms with E-state index in [0.717, 1.165) is 57.1 Å². The Kier molecular flexibility index (Phi) is 12.8. The molecular weight excluding hydrogens is 588 g/mol. The third kappa shape index (κ3) is 13.9. The summed E-state index contributed by atoms with van der Waals surface area (Å²) in [5, 5.41) is 6.00. The molecule has 2 aliphatic rings. The van der Waals surface area contributed by atoms with Gasteiger partial charge in [0.2, 0.25) is 11.2 Å². The number of ether oxygens (including phenoxy) is 4. The first-order chi connectivity index (χ1) is 20.6. The minimum atomic E-state index is -0.476. The van der Waals surface area contributed by atoms with Gasteiger partial charge in [-0.2, -0.15) is 4.98 Å². The SMILES string of the molecule is CC(C)(C)OC(=O)NC1CCC(Oc2ccnc(Cl)n2)CC1.Cc1ccnc(OC2CCC(NC(=O)OC(C)(C)C)CC2)n1. The number of hydrogen-bond donors (Lipinski definition) is 2. The van der Waals surface area contributed by atoms with Gasteiger partial charge in [-0.05, 0) is 118 Å². The molecule has 0 spiro atoms. The Hall–Kier alpha value is -3.41. The number of carbonyl (C=O) groups excluding carboxylic acids is 2. The molecule has 13 heteroatoms. The highest BCUT2D eigenvalue weighted by molar-refractivity contribution is 6.28. The van der Waals surface area contributed by atoms with Gasteiger partial charge in [0.15, 0.2) is 0 Å². The Morgan fingerprint density at radius 2 is 1.20 bits per heavy atom. The highest BCUT2D eigenvalue weighted by Crippen LogP contribution is 2.24. The monoisotopic (exact) mass is 634 g/mol. The van der Waals surface area contributed by atoms with Crippen molar-refractivity contribution in [2.45, 2.75) is 135 Å². The third-order valence-electron chi connectivity index (χ3n) is 6.72. The molecule has 244 valence electrons. The largest absolute Gasteiger partial charge is 0.474 e. The number of carbonyl (C=O) groups is 2. The standard InChI is InChI=1S/C16H25N3O3.C15H22ClN3O3/c1-11-9-10-17-14(18-11)21-13-7-5-12(6-8-13)19-15(20)22-16(2,3)4;1-15(2,3)22-14(20)18-10-4-6-11(7-5-10)21-12-8-9-17-13(16)19-12/h9-10,12-13H,5-8H2,1-4H3,(H,19,20);8-11H,4-7H2,1-3H3,(H,18,20). The molecule has 2 fully saturated rings. The van der Waals surface area contributed by atoms with Crippen molar-refractivity contribution in [3.05, 3.63) is 35.5 Å². The fourth-order valence-corrected chi connectivity index (χ4v) is 4.93. The van der Waals surface area contributed by atoms with Crippen molar-refractivity contribution in [2.24, 2.45) is 0 Å². The molecule has 2 aromatic rings. The molecule has 2 amide bonds. The second-order valence-corrected chi connectivity index (χ2v) is 13.5. The molecule has 0 aromatic carbocycles. The first kappa shape index (κ1) is 35.1. The van der Waals surface area contributed by atoms with Crippen molar-refractivity contribution < 1.29 is 28.5 Å². The summed E-state index contributed by atoms with van der Waals surface area (Å²) < 4.78 is 22.1. The summed E-state index contributed by atoms with van der Waals surface area (Å²) in [7, 11) is 0. The number of nitrogens with zero attached hydrogens (tertiary/aromatic N) is 4. The van der Waals surface area contributed by atoms with Gasteiger partial charge in [0.05, 0.1) is 0 Å². The fourth-order valence-electron chi connectivity index (χ4n) is 4.79. The molecule has 2 aliphatic carbocycles. The van der Waals surface area contributed by atoms with Crippen LogP contribution in [-0.2, 0) is 9.47 Å². The number of aryl methyl sites for hydroxylation is 1. The van der Waals surface area contributed by atoms with Crippen LogP contribution in [0, 0.1) is 6.92 Å². The lowest BCUT2D eigenvalue weighted by molar-refractivity contribution is 0.0458. The van der Waals surface area contributed by atoms with Crippen LogP contribution in [0.3, 0.4) is 0 Å². The summed E-state index contributed by atoms with van der Waals surface area (Å²) in [5.74, 6) is 0.489. The molecule has 0 saturated heterocycles. The summed E-state index contributed by atoms with van der Waals surface area (Å²) in [6.07, 6.45) is 9.64. The molecule has 0 atom stereocenters. The Labute approximate surface area is 265 Å². The minimum absolute atomic E-state index is 0.0858. The van der Waals surface area contributed by atoms with Crippen LogP contribution < -0.4 is 20.1 Å². The molecule has 44 heavy (non-hydrogen) atoms. The number of alkyl carbamates (subject to hydrolysis) is 2. The highest BCUT2D eigenvalue weighted by Gasteiger charge is 2.27. The molecule has 2 heterocycles. The lowest BCUT2D eigenvalue weighted by Crippen LogP contribution is -2.42. The lowest BCUT2D eigenvalue weighted by atomic mass is 9.93. The van der Waals surface area contributed by atoms with Crippen molar-refractivity contribution in [3.63, 3.8) is 0 Å². The molecular formula is C31H47ClN6O6. The topological polar surface area (TPSA) is 147 Å². The lowest BCUT2D eigenvalue weighted by Gasteiger charge is -2.30. The quantitative estimate of drug-likeness (QED) is 0.345. The fraction of sp³-hybridized carbons (Fsp3) is 0.677. The van der Waals surface area contributed by atoms with E-state index in [9.17, 15) is 9.59 Å². The van der Waals surface area contributed by atoms with E-state index in [4.69, 9.17) is 30.5 Å². The van der Waals surface area contributed by atoms with E-state index < -0.39 is 11.2 Å². The van der Waals surface area contributed by atoms with Crippen LogP contribution >= 0.6 is 11.6 Å². The van der Waals surface area contributed by atoms with Crippen LogP contribution in [0.2, 0.25) is 5.28 Å². The van der Waals surface area contributed by atoms with Crippen molar-refractivity contribution >= 4 is 23.8 Å². The van der Waals surface area contributed by atoms with E-state index in [-0.39, 0.29) is 41.8 Å². The molecule has 2 saturated carbocycles. The van der Waals surface area contributed by atoms with Gasteiger partial charge >= 0.3 is 18.2 Å². The average molecular weight is 635 g/mol. The van der Waals surface area contributed by atoms with E-state index in [1.807, 2.05) is 54.5 Å². The molecule has 0 radical (unpaired) electrons. The third-order valence-corrected chi connectivity index (χ3v) is 6.91. The maximum Gasteiger partial charge on any atom is 0.407 e. The molecule has 12 nitrogen and oxygen atoms in total. The maximum absolute atomic E-state index is 11.8. The second kappa shape index (κ2) is 16.1. The Bertz CT molecular complexity index is 1110. The van der Waals surface area contributed by atoms with E-state index >= 15 is 0 Å². The van der Waals surface area contributed by atoms with Crippen molar-refractivity contribution in [3.8, 4) is 11.9 Å². The second-order valence-electron chi connectivity index (χ2n) is 13.1. The number of hydrogen-bond acceptors (Lipinski definition) is 10. The average Bonchev–Trinajstić information content (AvgIpc) is 2.89. The highest BCUT2D eigenvalue weighted by atomic mass is 35.5. The van der Waals surface area contributed by atoms with Gasteiger partial charge in [0.25, 0.3) is 0 Å². The van der Waals surface area contributed by atoms with Gasteiger partial charge in [0.1, 0.15) is 23.4 Å².